The Morgan fingerprint density at radius 2 is 2.00 bits per heavy atom. The fraction of sp³-hybridized carbons (Fsp3) is 0.381. The molecule has 0 aliphatic carbocycles. The summed E-state index contributed by atoms with van der Waals surface area (Å²) >= 11 is 0. The predicted molar refractivity (Wildman–Crippen MR) is 106 cm³/mol. The van der Waals surface area contributed by atoms with Gasteiger partial charge < -0.3 is 15.0 Å². The van der Waals surface area contributed by atoms with Gasteiger partial charge in [-0.05, 0) is 24.6 Å². The Bertz CT molecular complexity index is 1040. The van der Waals surface area contributed by atoms with Crippen LogP contribution in [0.2, 0.25) is 0 Å². The van der Waals surface area contributed by atoms with Crippen molar-refractivity contribution < 1.29 is 13.5 Å². The van der Waals surface area contributed by atoms with Gasteiger partial charge in [-0.3, -0.25) is 4.98 Å². The van der Waals surface area contributed by atoms with E-state index in [1.807, 2.05) is 19.2 Å². The second-order valence-electron chi connectivity index (χ2n) is 7.64. The van der Waals surface area contributed by atoms with Crippen LogP contribution in [0.4, 0.5) is 20.3 Å². The molecule has 0 radical (unpaired) electrons. The Hall–Kier alpha value is -2.87. The van der Waals surface area contributed by atoms with Crippen molar-refractivity contribution in [2.45, 2.75) is 38.5 Å². The van der Waals surface area contributed by atoms with Gasteiger partial charge in [-0.15, -0.1) is 5.10 Å². The molecule has 3 fully saturated rings. The Labute approximate surface area is 166 Å². The largest absolute Gasteiger partial charge is 0.371 e. The second kappa shape index (κ2) is 7.18. The van der Waals surface area contributed by atoms with Crippen molar-refractivity contribution >= 4 is 22.4 Å². The number of halogens is 2. The molecule has 8 heteroatoms. The summed E-state index contributed by atoms with van der Waals surface area (Å²) in [5.41, 5.74) is 3.34. The van der Waals surface area contributed by atoms with Crippen LogP contribution in [0.25, 0.3) is 10.9 Å². The Morgan fingerprint density at radius 3 is 2.76 bits per heavy atom. The first-order valence-corrected chi connectivity index (χ1v) is 9.71. The van der Waals surface area contributed by atoms with Crippen LogP contribution in [-0.2, 0) is 11.3 Å². The van der Waals surface area contributed by atoms with Crippen LogP contribution in [0.3, 0.4) is 0 Å². The molecule has 5 heterocycles. The van der Waals surface area contributed by atoms with Gasteiger partial charge in [0.05, 0.1) is 35.3 Å². The quantitative estimate of drug-likeness (QED) is 0.705. The molecule has 3 saturated heterocycles. The van der Waals surface area contributed by atoms with E-state index in [-0.39, 0.29) is 5.56 Å². The van der Waals surface area contributed by atoms with Crippen molar-refractivity contribution in [2.75, 3.05) is 23.3 Å². The summed E-state index contributed by atoms with van der Waals surface area (Å²) in [6, 6.07) is 8.46. The monoisotopic (exact) mass is 397 g/mol. The van der Waals surface area contributed by atoms with Crippen molar-refractivity contribution in [3.63, 3.8) is 0 Å². The van der Waals surface area contributed by atoms with Crippen LogP contribution in [0.15, 0.2) is 36.5 Å². The van der Waals surface area contributed by atoms with Gasteiger partial charge in [0.15, 0.2) is 5.82 Å². The molecule has 6 nitrogen and oxygen atoms in total. The molecule has 6 rings (SSSR count). The molecule has 29 heavy (non-hydrogen) atoms. The summed E-state index contributed by atoms with van der Waals surface area (Å²) in [6.45, 7) is 3.98. The molecule has 3 aliphatic heterocycles. The molecule has 3 aromatic rings. The molecule has 0 amide bonds. The molecule has 0 spiro atoms. The number of benzene rings is 1. The van der Waals surface area contributed by atoms with Gasteiger partial charge in [-0.25, -0.2) is 8.78 Å². The first kappa shape index (κ1) is 18.2. The lowest BCUT2D eigenvalue weighted by Gasteiger charge is -2.47. The van der Waals surface area contributed by atoms with Gasteiger partial charge in [-0.2, -0.15) is 5.10 Å². The summed E-state index contributed by atoms with van der Waals surface area (Å²) in [4.78, 5) is 6.92. The van der Waals surface area contributed by atoms with E-state index in [1.165, 1.54) is 12.1 Å². The normalized spacial score (nSPS) is 20.8. The van der Waals surface area contributed by atoms with E-state index in [0.29, 0.717) is 24.6 Å². The molecule has 1 aromatic carbocycles. The number of fused-ring (bicyclic) bond motifs is 3. The minimum absolute atomic E-state index is 0.0129. The summed E-state index contributed by atoms with van der Waals surface area (Å²) in [5.74, 6) is 0.598. The Morgan fingerprint density at radius 1 is 1.21 bits per heavy atom. The summed E-state index contributed by atoms with van der Waals surface area (Å²) < 4.78 is 31.6. The van der Waals surface area contributed by atoms with Crippen molar-refractivity contribution in [1.29, 1.82) is 0 Å². The molecule has 1 N–H and O–H groups in total. The van der Waals surface area contributed by atoms with Crippen molar-refractivity contribution in [1.82, 2.24) is 15.2 Å². The Balaban J connectivity index is 1.43. The average Bonchev–Trinajstić information content (AvgIpc) is 2.73. The summed E-state index contributed by atoms with van der Waals surface area (Å²) in [6.07, 6.45) is 1.13. The van der Waals surface area contributed by atoms with Gasteiger partial charge in [0.25, 0.3) is 6.43 Å². The lowest BCUT2D eigenvalue weighted by atomic mass is 9.98. The van der Waals surface area contributed by atoms with E-state index >= 15 is 0 Å². The second-order valence-corrected chi connectivity index (χ2v) is 7.64. The van der Waals surface area contributed by atoms with Gasteiger partial charge in [-0.1, -0.05) is 18.2 Å². The number of hydrogen-bond acceptors (Lipinski definition) is 6. The van der Waals surface area contributed by atoms with E-state index in [1.54, 1.807) is 6.07 Å². The smallest absolute Gasteiger partial charge is 0.263 e. The highest BCUT2D eigenvalue weighted by Crippen LogP contribution is 2.33. The fourth-order valence-electron chi connectivity index (χ4n) is 4.04. The molecule has 0 saturated carbocycles. The third-order valence-electron chi connectivity index (χ3n) is 5.56. The van der Waals surface area contributed by atoms with Crippen LogP contribution < -0.4 is 10.2 Å². The fourth-order valence-corrected chi connectivity index (χ4v) is 4.04. The van der Waals surface area contributed by atoms with E-state index in [4.69, 9.17) is 4.74 Å². The third kappa shape index (κ3) is 3.48. The van der Waals surface area contributed by atoms with E-state index in [0.717, 1.165) is 47.4 Å². The minimum Gasteiger partial charge on any atom is -0.371 e. The Kier molecular flexibility index (Phi) is 4.50. The average molecular weight is 397 g/mol. The topological polar surface area (TPSA) is 63.2 Å². The highest BCUT2D eigenvalue weighted by molar-refractivity contribution is 5.92. The first-order valence-electron chi connectivity index (χ1n) is 9.71. The highest BCUT2D eigenvalue weighted by Gasteiger charge is 2.38. The molecule has 2 aromatic heterocycles. The van der Waals surface area contributed by atoms with Crippen molar-refractivity contribution in [3.05, 3.63) is 53.3 Å². The third-order valence-corrected chi connectivity index (χ3v) is 5.56. The van der Waals surface area contributed by atoms with Crippen LogP contribution in [0.5, 0.6) is 0 Å². The molecular formula is C21H21F2N5O. The zero-order chi connectivity index (χ0) is 20.0. The van der Waals surface area contributed by atoms with Gasteiger partial charge in [0.2, 0.25) is 0 Å². The van der Waals surface area contributed by atoms with Gasteiger partial charge >= 0.3 is 0 Å². The lowest BCUT2D eigenvalue weighted by Crippen LogP contribution is -2.57. The molecule has 2 unspecified atom stereocenters. The van der Waals surface area contributed by atoms with E-state index in [2.05, 4.69) is 31.5 Å². The number of morpholine rings is 1. The number of aromatic nitrogens is 3. The zero-order valence-electron chi connectivity index (χ0n) is 16.0. The van der Waals surface area contributed by atoms with Crippen molar-refractivity contribution in [2.24, 2.45) is 0 Å². The summed E-state index contributed by atoms with van der Waals surface area (Å²) in [7, 11) is 0. The van der Waals surface area contributed by atoms with Gasteiger partial charge in [0, 0.05) is 37.0 Å². The van der Waals surface area contributed by atoms with Crippen LogP contribution in [-0.4, -0.2) is 40.5 Å². The van der Waals surface area contributed by atoms with Crippen LogP contribution in [0.1, 0.15) is 29.7 Å². The summed E-state index contributed by atoms with van der Waals surface area (Å²) in [5, 5.41) is 12.6. The lowest BCUT2D eigenvalue weighted by molar-refractivity contribution is -0.133. The number of nitrogens with one attached hydrogen (secondary N) is 1. The maximum atomic E-state index is 13.0. The van der Waals surface area contributed by atoms with Crippen LogP contribution >= 0.6 is 0 Å². The standard InChI is InChI=1S/C21H21F2N5O/c1-12-19-18(6-15(9-24-19)28-10-16-7-17(11-28)29-16)21(27-26-12)25-8-13-3-2-4-14(5-13)20(22)23/h2-6,9,16-17,20H,7-8,10-11H2,1H3,(H,25,27). The number of hydrogen-bond donors (Lipinski definition) is 1. The molecular weight excluding hydrogens is 376 g/mol. The molecule has 150 valence electrons. The number of ether oxygens (including phenoxy) is 1. The maximum absolute atomic E-state index is 13.0. The number of aryl methyl sites for hydroxylation is 1. The number of nitrogens with zero attached hydrogens (tertiary/aromatic N) is 4. The molecule has 2 atom stereocenters. The van der Waals surface area contributed by atoms with E-state index in [9.17, 15) is 8.78 Å². The van der Waals surface area contributed by atoms with Crippen molar-refractivity contribution in [3.8, 4) is 0 Å². The minimum atomic E-state index is -2.48. The molecule has 3 aliphatic rings. The van der Waals surface area contributed by atoms with Crippen LogP contribution in [0, 0.1) is 6.92 Å². The number of rotatable bonds is 5. The first-order chi connectivity index (χ1) is 14.1. The molecule has 2 bridgehead atoms. The predicted octanol–water partition coefficient (Wildman–Crippen LogP) is 3.86. The number of anilines is 2. The maximum Gasteiger partial charge on any atom is 0.263 e. The zero-order valence-corrected chi connectivity index (χ0v) is 16.0. The number of pyridine rings is 1. The number of alkyl halides is 2. The van der Waals surface area contributed by atoms with E-state index < -0.39 is 6.43 Å². The van der Waals surface area contributed by atoms with Gasteiger partial charge in [0.1, 0.15) is 0 Å². The SMILES string of the molecule is Cc1nnc(NCc2cccc(C(F)F)c2)c2cc(N3CC4CC(C3)O4)cnc12. The highest BCUT2D eigenvalue weighted by atomic mass is 19.3. The number of piperidine rings is 1.